The first kappa shape index (κ1) is 30.2. The lowest BCUT2D eigenvalue weighted by atomic mass is 9.97. The Balaban J connectivity index is 1.28. The summed E-state index contributed by atoms with van der Waals surface area (Å²) in [5.41, 5.74) is 6.93. The van der Waals surface area contributed by atoms with Gasteiger partial charge in [0.2, 0.25) is 0 Å². The summed E-state index contributed by atoms with van der Waals surface area (Å²) in [6, 6.07) is 15.6. The first-order valence-corrected chi connectivity index (χ1v) is 15.1. The van der Waals surface area contributed by atoms with E-state index in [2.05, 4.69) is 26.3 Å². The number of carbonyl (C=O) groups is 1. The number of halogens is 1. The number of nitrogen functional groups attached to an aromatic ring is 1. The monoisotopic (exact) mass is 609 g/mol. The van der Waals surface area contributed by atoms with Crippen molar-refractivity contribution in [1.29, 1.82) is 5.26 Å². The summed E-state index contributed by atoms with van der Waals surface area (Å²) in [7, 11) is 0. The van der Waals surface area contributed by atoms with E-state index in [1.807, 2.05) is 32.0 Å². The van der Waals surface area contributed by atoms with Crippen LogP contribution in [0.5, 0.6) is 11.5 Å². The summed E-state index contributed by atoms with van der Waals surface area (Å²) < 4.78 is 23.0. The van der Waals surface area contributed by atoms with Crippen molar-refractivity contribution in [3.63, 3.8) is 0 Å². The minimum atomic E-state index is -0.535. The summed E-state index contributed by atoms with van der Waals surface area (Å²) in [5, 5.41) is 18.6. The van der Waals surface area contributed by atoms with Crippen LogP contribution < -0.4 is 15.8 Å². The van der Waals surface area contributed by atoms with Gasteiger partial charge in [0.15, 0.2) is 5.65 Å². The van der Waals surface area contributed by atoms with E-state index in [1.54, 1.807) is 39.9 Å². The Morgan fingerprint density at radius 2 is 1.93 bits per heavy atom. The number of rotatable bonds is 8. The molecule has 0 bridgehead atoms. The fraction of sp³-hybridized carbons (Fsp3) is 0.364. The predicted octanol–water partition coefficient (Wildman–Crippen LogP) is 4.13. The zero-order valence-electron chi connectivity index (χ0n) is 25.4. The van der Waals surface area contributed by atoms with E-state index in [-0.39, 0.29) is 28.9 Å². The molecule has 0 unspecified atom stereocenters. The number of amides is 1. The van der Waals surface area contributed by atoms with Crippen molar-refractivity contribution in [2.45, 2.75) is 44.8 Å². The molecule has 2 aliphatic heterocycles. The number of nitrogens with one attached hydrogen (secondary N) is 1. The molecule has 6 rings (SSSR count). The summed E-state index contributed by atoms with van der Waals surface area (Å²) in [4.78, 5) is 26.4. The smallest absolute Gasteiger partial charge is 0.264 e. The van der Waals surface area contributed by atoms with Crippen molar-refractivity contribution in [2.75, 3.05) is 38.5 Å². The maximum absolute atomic E-state index is 15.6. The molecule has 45 heavy (non-hydrogen) atoms. The van der Waals surface area contributed by atoms with Gasteiger partial charge in [0, 0.05) is 49.9 Å². The van der Waals surface area contributed by atoms with E-state index in [4.69, 9.17) is 15.6 Å². The number of hydrogen-bond donors (Lipinski definition) is 2. The molecule has 2 aromatic carbocycles. The third-order valence-electron chi connectivity index (χ3n) is 8.54. The number of nitrogens with zero attached hydrogens (tertiary/aromatic N) is 7. The molecule has 11 nitrogen and oxygen atoms in total. The first-order valence-electron chi connectivity index (χ1n) is 15.1. The number of aromatic nitrogens is 4. The second-order valence-electron chi connectivity index (χ2n) is 11.9. The topological polar surface area (TPSA) is 138 Å². The van der Waals surface area contributed by atoms with E-state index in [0.717, 1.165) is 39.0 Å². The lowest BCUT2D eigenvalue weighted by molar-refractivity contribution is -0.127. The number of piperazine rings is 1. The number of carbonyl (C=O) groups excluding carboxylic acids is 1. The number of ether oxygens (including phenoxy) is 1. The zero-order chi connectivity index (χ0) is 31.6. The van der Waals surface area contributed by atoms with Crippen LogP contribution in [0.2, 0.25) is 0 Å². The molecule has 3 N–H and O–H groups in total. The molecule has 0 spiro atoms. The molecule has 0 aliphatic carbocycles. The molecular weight excluding hydrogens is 573 g/mol. The number of likely N-dealkylation sites (tertiary alicyclic amines) is 1. The second kappa shape index (κ2) is 12.6. The highest BCUT2D eigenvalue weighted by atomic mass is 19.1. The van der Waals surface area contributed by atoms with Crippen LogP contribution in [0, 0.1) is 17.1 Å². The summed E-state index contributed by atoms with van der Waals surface area (Å²) in [6.45, 7) is 8.30. The Morgan fingerprint density at radius 3 is 2.67 bits per heavy atom. The lowest BCUT2D eigenvalue weighted by Crippen LogP contribution is -2.52. The standard InChI is InChI=1S/C33H36FN9O2/c1-33(2,41-15-12-37-13-16-41)18-22(19-35)32(44)42-14-6-7-23(42)20-43-31-28(30(36)38-21-39-31)29(40-43)26-11-10-25(17-27(26)34)45-24-8-4-3-5-9-24/h3-5,8-11,17-18,21,23,37H,6-7,12-16,20H2,1-2H3,(H2,36,38,39)/b22-18-/t23-/m1/s1. The number of nitriles is 1. The number of nitrogens with two attached hydrogens (primary N) is 1. The Kier molecular flexibility index (Phi) is 8.47. The Bertz CT molecular complexity index is 1770. The highest BCUT2D eigenvalue weighted by Crippen LogP contribution is 2.35. The van der Waals surface area contributed by atoms with Crippen LogP contribution in [0.15, 0.2) is 66.5 Å². The fourth-order valence-corrected chi connectivity index (χ4v) is 6.20. The number of para-hydroxylation sites is 1. The van der Waals surface area contributed by atoms with Gasteiger partial charge in [-0.2, -0.15) is 10.4 Å². The van der Waals surface area contributed by atoms with Crippen molar-refractivity contribution in [3.8, 4) is 28.8 Å². The van der Waals surface area contributed by atoms with Crippen LogP contribution in [0.1, 0.15) is 26.7 Å². The fourth-order valence-electron chi connectivity index (χ4n) is 6.20. The third kappa shape index (κ3) is 6.22. The maximum atomic E-state index is 15.6. The predicted molar refractivity (Wildman–Crippen MR) is 169 cm³/mol. The Hall–Kier alpha value is -4.86. The second-order valence-corrected chi connectivity index (χ2v) is 11.9. The molecular formula is C33H36FN9O2. The van der Waals surface area contributed by atoms with E-state index in [0.29, 0.717) is 41.3 Å². The van der Waals surface area contributed by atoms with Crippen molar-refractivity contribution in [1.82, 2.24) is 34.9 Å². The normalized spacial score (nSPS) is 17.9. The van der Waals surface area contributed by atoms with Crippen LogP contribution in [0.3, 0.4) is 0 Å². The van der Waals surface area contributed by atoms with Gasteiger partial charge in [-0.3, -0.25) is 9.69 Å². The van der Waals surface area contributed by atoms with Crippen LogP contribution in [-0.4, -0.2) is 79.8 Å². The van der Waals surface area contributed by atoms with Gasteiger partial charge in [-0.05, 0) is 57.0 Å². The van der Waals surface area contributed by atoms with Crippen LogP contribution >= 0.6 is 0 Å². The third-order valence-corrected chi connectivity index (χ3v) is 8.54. The zero-order valence-corrected chi connectivity index (χ0v) is 25.4. The van der Waals surface area contributed by atoms with Gasteiger partial charge in [-0.1, -0.05) is 18.2 Å². The van der Waals surface area contributed by atoms with Crippen molar-refractivity contribution >= 4 is 22.8 Å². The molecule has 232 valence electrons. The minimum Gasteiger partial charge on any atom is -0.457 e. The van der Waals surface area contributed by atoms with E-state index < -0.39 is 11.4 Å². The lowest BCUT2D eigenvalue weighted by Gasteiger charge is -2.39. The van der Waals surface area contributed by atoms with Gasteiger partial charge in [-0.25, -0.2) is 19.0 Å². The molecule has 0 saturated carbocycles. The van der Waals surface area contributed by atoms with Gasteiger partial charge in [0.25, 0.3) is 5.91 Å². The van der Waals surface area contributed by atoms with Crippen molar-refractivity contribution in [3.05, 3.63) is 72.3 Å². The summed E-state index contributed by atoms with van der Waals surface area (Å²) in [6.07, 6.45) is 4.65. The largest absolute Gasteiger partial charge is 0.457 e. The maximum Gasteiger partial charge on any atom is 0.264 e. The Morgan fingerprint density at radius 1 is 1.16 bits per heavy atom. The van der Waals surface area contributed by atoms with Gasteiger partial charge in [0.05, 0.1) is 18.0 Å². The molecule has 12 heteroatoms. The molecule has 2 aliphatic rings. The SMILES string of the molecule is CC(C)(/C=C(/C#N)C(=O)N1CCC[C@@H]1Cn1nc(-c2ccc(Oc3ccccc3)cc2F)c2c(N)ncnc21)N1CCNCC1. The van der Waals surface area contributed by atoms with E-state index >= 15 is 4.39 Å². The number of benzene rings is 2. The average molecular weight is 610 g/mol. The number of hydrogen-bond acceptors (Lipinski definition) is 9. The van der Waals surface area contributed by atoms with Crippen LogP contribution in [0.4, 0.5) is 10.2 Å². The molecule has 2 fully saturated rings. The molecule has 4 aromatic rings. The molecule has 4 heterocycles. The highest BCUT2D eigenvalue weighted by Gasteiger charge is 2.34. The van der Waals surface area contributed by atoms with Gasteiger partial charge >= 0.3 is 0 Å². The van der Waals surface area contributed by atoms with E-state index in [9.17, 15) is 10.1 Å². The average Bonchev–Trinajstić information content (AvgIpc) is 3.66. The van der Waals surface area contributed by atoms with Gasteiger partial charge in [0.1, 0.15) is 46.8 Å². The molecule has 1 amide bonds. The highest BCUT2D eigenvalue weighted by molar-refractivity contribution is 5.99. The van der Waals surface area contributed by atoms with E-state index in [1.165, 1.54) is 12.4 Å². The van der Waals surface area contributed by atoms with Gasteiger partial charge < -0.3 is 20.7 Å². The Labute approximate surface area is 261 Å². The van der Waals surface area contributed by atoms with Gasteiger partial charge in [-0.15, -0.1) is 0 Å². The minimum absolute atomic E-state index is 0.128. The van der Waals surface area contributed by atoms with Crippen molar-refractivity contribution < 1.29 is 13.9 Å². The molecule has 1 atom stereocenters. The summed E-state index contributed by atoms with van der Waals surface area (Å²) in [5.74, 6) is 0.279. The quantitative estimate of drug-likeness (QED) is 0.223. The molecule has 0 radical (unpaired) electrons. The van der Waals surface area contributed by atoms with Crippen molar-refractivity contribution in [2.24, 2.45) is 0 Å². The molecule has 2 aromatic heterocycles. The van der Waals surface area contributed by atoms with Crippen LogP contribution in [0.25, 0.3) is 22.3 Å². The number of anilines is 1. The first-order chi connectivity index (χ1) is 21.7. The van der Waals surface area contributed by atoms with Crippen LogP contribution in [-0.2, 0) is 11.3 Å². The number of fused-ring (bicyclic) bond motifs is 1. The summed E-state index contributed by atoms with van der Waals surface area (Å²) >= 11 is 0. The molecule has 2 saturated heterocycles.